The molecule has 2 heterocycles. The van der Waals surface area contributed by atoms with E-state index < -0.39 is 0 Å². The van der Waals surface area contributed by atoms with Gasteiger partial charge in [-0.3, -0.25) is 9.69 Å². The topological polar surface area (TPSA) is 45.2 Å². The molecule has 0 spiro atoms. The van der Waals surface area contributed by atoms with Crippen molar-refractivity contribution >= 4 is 11.7 Å². The van der Waals surface area contributed by atoms with Crippen LogP contribution in [0.5, 0.6) is 0 Å². The monoisotopic (exact) mass is 205 g/mol. The number of nitrogens with one attached hydrogen (secondary N) is 1. The minimum atomic E-state index is 0.00649. The van der Waals surface area contributed by atoms with Gasteiger partial charge in [-0.25, -0.2) is 4.98 Å². The number of carbonyl (C=O) groups is 1. The van der Waals surface area contributed by atoms with Gasteiger partial charge in [-0.2, -0.15) is 0 Å². The molecule has 0 bridgehead atoms. The lowest BCUT2D eigenvalue weighted by Crippen LogP contribution is -2.37. The standard InChI is InChI=1S/C11H15N3O/c1-14-8-4-5-9(14)11(15)13-10-6-2-3-7-12-10/h2-3,6-7,9H,4-5,8H2,1H3,(H,12,13,15). The quantitative estimate of drug-likeness (QED) is 0.786. The molecule has 1 amide bonds. The van der Waals surface area contributed by atoms with E-state index in [1.54, 1.807) is 12.3 Å². The zero-order valence-corrected chi connectivity index (χ0v) is 8.81. The number of rotatable bonds is 2. The molecule has 1 unspecified atom stereocenters. The number of amides is 1. The Balaban J connectivity index is 1.98. The molecule has 1 atom stereocenters. The normalized spacial score (nSPS) is 21.5. The number of likely N-dealkylation sites (N-methyl/N-ethyl adjacent to an activating group) is 1. The third-order valence-corrected chi connectivity index (χ3v) is 2.74. The fraction of sp³-hybridized carbons (Fsp3) is 0.455. The molecule has 0 radical (unpaired) electrons. The van der Waals surface area contributed by atoms with Crippen LogP contribution < -0.4 is 5.32 Å². The van der Waals surface area contributed by atoms with Crippen molar-refractivity contribution in [2.45, 2.75) is 18.9 Å². The van der Waals surface area contributed by atoms with E-state index in [4.69, 9.17) is 0 Å². The Morgan fingerprint density at radius 3 is 3.07 bits per heavy atom. The molecular weight excluding hydrogens is 190 g/mol. The molecule has 1 aromatic heterocycles. The van der Waals surface area contributed by atoms with E-state index >= 15 is 0 Å². The molecule has 1 fully saturated rings. The first-order valence-electron chi connectivity index (χ1n) is 5.19. The number of hydrogen-bond acceptors (Lipinski definition) is 3. The molecule has 0 aromatic carbocycles. The third-order valence-electron chi connectivity index (χ3n) is 2.74. The van der Waals surface area contributed by atoms with Crippen LogP contribution in [0.25, 0.3) is 0 Å². The summed E-state index contributed by atoms with van der Waals surface area (Å²) in [6.07, 6.45) is 3.71. The number of aromatic nitrogens is 1. The number of anilines is 1. The van der Waals surface area contributed by atoms with Crippen molar-refractivity contribution in [3.8, 4) is 0 Å². The number of carbonyl (C=O) groups excluding carboxylic acids is 1. The van der Waals surface area contributed by atoms with Gasteiger partial charge in [0.1, 0.15) is 5.82 Å². The van der Waals surface area contributed by atoms with Gasteiger partial charge in [0.2, 0.25) is 5.91 Å². The molecule has 1 N–H and O–H groups in total. The summed E-state index contributed by atoms with van der Waals surface area (Å²) >= 11 is 0. The Hall–Kier alpha value is -1.42. The van der Waals surface area contributed by atoms with E-state index in [0.717, 1.165) is 19.4 Å². The highest BCUT2D eigenvalue weighted by atomic mass is 16.2. The minimum Gasteiger partial charge on any atom is -0.309 e. The lowest BCUT2D eigenvalue weighted by molar-refractivity contribution is -0.119. The highest BCUT2D eigenvalue weighted by Crippen LogP contribution is 2.16. The molecule has 80 valence electrons. The first-order valence-corrected chi connectivity index (χ1v) is 5.19. The summed E-state index contributed by atoms with van der Waals surface area (Å²) in [5, 5.41) is 2.82. The summed E-state index contributed by atoms with van der Waals surface area (Å²) in [6.45, 7) is 1.00. The molecule has 0 saturated carbocycles. The van der Waals surface area contributed by atoms with Crippen molar-refractivity contribution in [2.24, 2.45) is 0 Å². The molecule has 1 aliphatic rings. The maximum Gasteiger partial charge on any atom is 0.242 e. The zero-order chi connectivity index (χ0) is 10.7. The van der Waals surface area contributed by atoms with Crippen LogP contribution in [0.1, 0.15) is 12.8 Å². The molecule has 0 aliphatic carbocycles. The van der Waals surface area contributed by atoms with Crippen LogP contribution in [0.15, 0.2) is 24.4 Å². The molecule has 4 heteroatoms. The number of nitrogens with zero attached hydrogens (tertiary/aromatic N) is 2. The van der Waals surface area contributed by atoms with Crippen LogP contribution in [-0.2, 0) is 4.79 Å². The van der Waals surface area contributed by atoms with Crippen molar-refractivity contribution in [1.29, 1.82) is 0 Å². The minimum absolute atomic E-state index is 0.00649. The van der Waals surface area contributed by atoms with Crippen LogP contribution >= 0.6 is 0 Å². The summed E-state index contributed by atoms with van der Waals surface area (Å²) in [5.74, 6) is 0.677. The predicted molar refractivity (Wildman–Crippen MR) is 58.5 cm³/mol. The van der Waals surface area contributed by atoms with Gasteiger partial charge in [-0.05, 0) is 38.6 Å². The number of pyridine rings is 1. The summed E-state index contributed by atoms with van der Waals surface area (Å²) in [7, 11) is 1.98. The maximum absolute atomic E-state index is 11.8. The summed E-state index contributed by atoms with van der Waals surface area (Å²) in [4.78, 5) is 18.0. The first-order chi connectivity index (χ1) is 7.27. The fourth-order valence-electron chi connectivity index (χ4n) is 1.89. The van der Waals surface area contributed by atoms with Crippen LogP contribution in [0.2, 0.25) is 0 Å². The van der Waals surface area contributed by atoms with Crippen molar-refractivity contribution < 1.29 is 4.79 Å². The summed E-state index contributed by atoms with van der Waals surface area (Å²) < 4.78 is 0. The Morgan fingerprint density at radius 1 is 1.60 bits per heavy atom. The van der Waals surface area contributed by atoms with Gasteiger partial charge >= 0.3 is 0 Å². The van der Waals surface area contributed by atoms with Gasteiger partial charge in [-0.1, -0.05) is 6.07 Å². The second kappa shape index (κ2) is 4.40. The molecular formula is C11H15N3O. The number of likely N-dealkylation sites (tertiary alicyclic amines) is 1. The van der Waals surface area contributed by atoms with E-state index in [1.807, 2.05) is 19.2 Å². The largest absolute Gasteiger partial charge is 0.309 e. The summed E-state index contributed by atoms with van der Waals surface area (Å²) in [6, 6.07) is 5.50. The van der Waals surface area contributed by atoms with Gasteiger partial charge in [0, 0.05) is 6.20 Å². The van der Waals surface area contributed by atoms with E-state index in [-0.39, 0.29) is 11.9 Å². The SMILES string of the molecule is CN1CCCC1C(=O)Nc1ccccn1. The third kappa shape index (κ3) is 2.33. The van der Waals surface area contributed by atoms with Crippen LogP contribution in [0.3, 0.4) is 0 Å². The van der Waals surface area contributed by atoms with E-state index in [0.29, 0.717) is 5.82 Å². The van der Waals surface area contributed by atoms with Gasteiger partial charge in [-0.15, -0.1) is 0 Å². The first kappa shape index (κ1) is 10.1. The van der Waals surface area contributed by atoms with E-state index in [9.17, 15) is 4.79 Å². The Labute approximate surface area is 89.3 Å². The van der Waals surface area contributed by atoms with Crippen LogP contribution in [0, 0.1) is 0 Å². The lowest BCUT2D eigenvalue weighted by Gasteiger charge is -2.18. The fourth-order valence-corrected chi connectivity index (χ4v) is 1.89. The Morgan fingerprint density at radius 2 is 2.47 bits per heavy atom. The van der Waals surface area contributed by atoms with Crippen molar-refractivity contribution in [3.63, 3.8) is 0 Å². The molecule has 1 aliphatic heterocycles. The van der Waals surface area contributed by atoms with Crippen molar-refractivity contribution in [1.82, 2.24) is 9.88 Å². The van der Waals surface area contributed by atoms with Gasteiger partial charge in [0.25, 0.3) is 0 Å². The molecule has 2 rings (SSSR count). The number of hydrogen-bond donors (Lipinski definition) is 1. The Kier molecular flexibility index (Phi) is 2.97. The van der Waals surface area contributed by atoms with Crippen molar-refractivity contribution in [3.05, 3.63) is 24.4 Å². The predicted octanol–water partition coefficient (Wildman–Crippen LogP) is 1.11. The van der Waals surface area contributed by atoms with Gasteiger partial charge in [0.05, 0.1) is 6.04 Å². The average Bonchev–Trinajstić information content (AvgIpc) is 2.66. The van der Waals surface area contributed by atoms with E-state index in [1.165, 1.54) is 0 Å². The van der Waals surface area contributed by atoms with E-state index in [2.05, 4.69) is 15.2 Å². The highest BCUT2D eigenvalue weighted by molar-refractivity contribution is 5.94. The molecule has 1 saturated heterocycles. The molecule has 15 heavy (non-hydrogen) atoms. The van der Waals surface area contributed by atoms with Crippen LogP contribution in [-0.4, -0.2) is 35.4 Å². The molecule has 4 nitrogen and oxygen atoms in total. The Bertz CT molecular complexity index is 339. The zero-order valence-electron chi connectivity index (χ0n) is 8.81. The summed E-state index contributed by atoms with van der Waals surface area (Å²) in [5.41, 5.74) is 0. The van der Waals surface area contributed by atoms with Gasteiger partial charge in [0.15, 0.2) is 0 Å². The smallest absolute Gasteiger partial charge is 0.242 e. The van der Waals surface area contributed by atoms with Gasteiger partial charge < -0.3 is 5.32 Å². The molecule has 1 aromatic rings. The maximum atomic E-state index is 11.8. The second-order valence-electron chi connectivity index (χ2n) is 3.84. The van der Waals surface area contributed by atoms with Crippen LogP contribution in [0.4, 0.5) is 5.82 Å². The average molecular weight is 205 g/mol. The van der Waals surface area contributed by atoms with Crippen molar-refractivity contribution in [2.75, 3.05) is 18.9 Å². The second-order valence-corrected chi connectivity index (χ2v) is 3.84. The lowest BCUT2D eigenvalue weighted by atomic mass is 10.2. The highest BCUT2D eigenvalue weighted by Gasteiger charge is 2.27.